The number of nitrogens with zero attached hydrogens (tertiary/aromatic N) is 2. The largest absolute Gasteiger partial charge is 0.367 e. The topological polar surface area (TPSA) is 28.2 Å². The van der Waals surface area contributed by atoms with E-state index in [0.717, 1.165) is 26.2 Å². The van der Waals surface area contributed by atoms with E-state index in [9.17, 15) is 4.39 Å². The molecule has 17 heavy (non-hydrogen) atoms. The Morgan fingerprint density at radius 2 is 2.47 bits per heavy atom. The average molecular weight is 302 g/mol. The van der Waals surface area contributed by atoms with E-state index in [-0.39, 0.29) is 5.82 Å². The molecule has 5 heteroatoms. The van der Waals surface area contributed by atoms with Crippen molar-refractivity contribution in [2.75, 3.05) is 31.5 Å². The highest BCUT2D eigenvalue weighted by Gasteiger charge is 2.21. The molecule has 1 aromatic rings. The van der Waals surface area contributed by atoms with Crippen LogP contribution in [0.3, 0.4) is 0 Å². The van der Waals surface area contributed by atoms with Crippen molar-refractivity contribution in [2.24, 2.45) is 5.92 Å². The molecule has 0 aliphatic carbocycles. The molecule has 0 saturated carbocycles. The summed E-state index contributed by atoms with van der Waals surface area (Å²) in [6.45, 7) is 6.32. The number of pyridine rings is 1. The molecule has 3 nitrogen and oxygen atoms in total. The number of anilines is 1. The van der Waals surface area contributed by atoms with Crippen LogP contribution in [0.25, 0.3) is 0 Å². The SMILES string of the molecule is CCN1CCC(CNc2ncc(Br)cc2F)C1. The van der Waals surface area contributed by atoms with E-state index >= 15 is 0 Å². The lowest BCUT2D eigenvalue weighted by molar-refractivity contribution is 0.345. The van der Waals surface area contributed by atoms with Crippen molar-refractivity contribution >= 4 is 21.7 Å². The van der Waals surface area contributed by atoms with Gasteiger partial charge in [-0.1, -0.05) is 6.92 Å². The van der Waals surface area contributed by atoms with Gasteiger partial charge in [0.05, 0.1) is 0 Å². The van der Waals surface area contributed by atoms with Crippen LogP contribution in [-0.4, -0.2) is 36.1 Å². The van der Waals surface area contributed by atoms with Gasteiger partial charge in [-0.3, -0.25) is 0 Å². The molecule has 94 valence electrons. The molecule has 0 radical (unpaired) electrons. The molecular formula is C12H17BrFN3. The van der Waals surface area contributed by atoms with Crippen LogP contribution >= 0.6 is 15.9 Å². The highest BCUT2D eigenvalue weighted by Crippen LogP contribution is 2.19. The van der Waals surface area contributed by atoms with Gasteiger partial charge in [0, 0.05) is 23.8 Å². The van der Waals surface area contributed by atoms with Crippen LogP contribution in [0.4, 0.5) is 10.2 Å². The van der Waals surface area contributed by atoms with Crippen LogP contribution < -0.4 is 5.32 Å². The maximum atomic E-state index is 13.5. The third-order valence-electron chi connectivity index (χ3n) is 3.18. The number of nitrogens with one attached hydrogen (secondary N) is 1. The Bertz CT molecular complexity index is 386. The highest BCUT2D eigenvalue weighted by molar-refractivity contribution is 9.10. The lowest BCUT2D eigenvalue weighted by Gasteiger charge is -2.14. The second-order valence-electron chi connectivity index (χ2n) is 4.41. The molecule has 1 aliphatic heterocycles. The number of hydrogen-bond acceptors (Lipinski definition) is 3. The van der Waals surface area contributed by atoms with Crippen LogP contribution in [0.2, 0.25) is 0 Å². The number of likely N-dealkylation sites (tertiary alicyclic amines) is 1. The first-order valence-electron chi connectivity index (χ1n) is 5.96. The molecule has 1 saturated heterocycles. The third kappa shape index (κ3) is 3.39. The average Bonchev–Trinajstić information content (AvgIpc) is 2.76. The van der Waals surface area contributed by atoms with Crippen LogP contribution in [0.5, 0.6) is 0 Å². The molecule has 1 atom stereocenters. The Hall–Kier alpha value is -0.680. The Morgan fingerprint density at radius 1 is 1.65 bits per heavy atom. The van der Waals surface area contributed by atoms with Crippen molar-refractivity contribution in [3.05, 3.63) is 22.6 Å². The van der Waals surface area contributed by atoms with Crippen LogP contribution in [0.15, 0.2) is 16.7 Å². The maximum Gasteiger partial charge on any atom is 0.166 e. The Kier molecular flexibility index (Phi) is 4.34. The van der Waals surface area contributed by atoms with Crippen molar-refractivity contribution in [2.45, 2.75) is 13.3 Å². The van der Waals surface area contributed by atoms with E-state index in [1.165, 1.54) is 12.5 Å². The molecule has 2 heterocycles. The van der Waals surface area contributed by atoms with E-state index in [2.05, 4.69) is 38.1 Å². The Balaban J connectivity index is 1.86. The van der Waals surface area contributed by atoms with E-state index in [1.807, 2.05) is 0 Å². The van der Waals surface area contributed by atoms with Gasteiger partial charge in [0.2, 0.25) is 0 Å². The number of hydrogen-bond donors (Lipinski definition) is 1. The van der Waals surface area contributed by atoms with E-state index < -0.39 is 0 Å². The summed E-state index contributed by atoms with van der Waals surface area (Å²) >= 11 is 3.19. The van der Waals surface area contributed by atoms with E-state index in [1.54, 1.807) is 6.20 Å². The smallest absolute Gasteiger partial charge is 0.166 e. The zero-order valence-corrected chi connectivity index (χ0v) is 11.5. The zero-order valence-electron chi connectivity index (χ0n) is 9.92. The van der Waals surface area contributed by atoms with Gasteiger partial charge < -0.3 is 10.2 Å². The summed E-state index contributed by atoms with van der Waals surface area (Å²) in [5.41, 5.74) is 0. The van der Waals surface area contributed by atoms with Gasteiger partial charge in [-0.15, -0.1) is 0 Å². The minimum absolute atomic E-state index is 0.301. The molecule has 1 unspecified atom stereocenters. The molecule has 1 fully saturated rings. The van der Waals surface area contributed by atoms with Crippen molar-refractivity contribution in [3.63, 3.8) is 0 Å². The van der Waals surface area contributed by atoms with Crippen LogP contribution in [-0.2, 0) is 0 Å². The van der Waals surface area contributed by atoms with Gasteiger partial charge in [-0.2, -0.15) is 0 Å². The summed E-state index contributed by atoms with van der Waals surface area (Å²) in [6.07, 6.45) is 2.79. The van der Waals surface area contributed by atoms with Crippen molar-refractivity contribution in [1.82, 2.24) is 9.88 Å². The fourth-order valence-corrected chi connectivity index (χ4v) is 2.46. The summed E-state index contributed by atoms with van der Waals surface area (Å²) in [5, 5.41) is 3.09. The fraction of sp³-hybridized carbons (Fsp3) is 0.583. The molecule has 0 amide bonds. The quantitative estimate of drug-likeness (QED) is 0.927. The number of halogens is 2. The van der Waals surface area contributed by atoms with Gasteiger partial charge in [-0.05, 0) is 47.4 Å². The fourth-order valence-electron chi connectivity index (χ4n) is 2.15. The summed E-state index contributed by atoms with van der Waals surface area (Å²) in [6, 6.07) is 1.43. The molecular weight excluding hydrogens is 285 g/mol. The second kappa shape index (κ2) is 5.78. The first-order valence-corrected chi connectivity index (χ1v) is 6.75. The van der Waals surface area contributed by atoms with Gasteiger partial charge in [-0.25, -0.2) is 9.37 Å². The van der Waals surface area contributed by atoms with Crippen molar-refractivity contribution < 1.29 is 4.39 Å². The molecule has 1 N–H and O–H groups in total. The summed E-state index contributed by atoms with van der Waals surface area (Å²) in [7, 11) is 0. The lowest BCUT2D eigenvalue weighted by Crippen LogP contribution is -2.22. The molecule has 1 aliphatic rings. The van der Waals surface area contributed by atoms with E-state index in [0.29, 0.717) is 16.2 Å². The van der Waals surface area contributed by atoms with Gasteiger partial charge >= 0.3 is 0 Å². The van der Waals surface area contributed by atoms with Gasteiger partial charge in [0.15, 0.2) is 11.6 Å². The van der Waals surface area contributed by atoms with Crippen LogP contribution in [0, 0.1) is 11.7 Å². The summed E-state index contributed by atoms with van der Waals surface area (Å²) in [4.78, 5) is 6.45. The second-order valence-corrected chi connectivity index (χ2v) is 5.33. The summed E-state index contributed by atoms with van der Waals surface area (Å²) in [5.74, 6) is 0.646. The van der Waals surface area contributed by atoms with E-state index in [4.69, 9.17) is 0 Å². The third-order valence-corrected chi connectivity index (χ3v) is 3.62. The Labute approximate surface area is 110 Å². The van der Waals surface area contributed by atoms with Crippen LogP contribution in [0.1, 0.15) is 13.3 Å². The highest BCUT2D eigenvalue weighted by atomic mass is 79.9. The normalized spacial score (nSPS) is 20.8. The summed E-state index contributed by atoms with van der Waals surface area (Å²) < 4.78 is 14.2. The lowest BCUT2D eigenvalue weighted by atomic mass is 10.1. The Morgan fingerprint density at radius 3 is 3.12 bits per heavy atom. The van der Waals surface area contributed by atoms with Gasteiger partial charge in [0.25, 0.3) is 0 Å². The molecule has 0 bridgehead atoms. The molecule has 2 rings (SSSR count). The monoisotopic (exact) mass is 301 g/mol. The maximum absolute atomic E-state index is 13.5. The van der Waals surface area contributed by atoms with Gasteiger partial charge in [0.1, 0.15) is 0 Å². The number of aromatic nitrogens is 1. The first-order chi connectivity index (χ1) is 8.19. The molecule has 0 spiro atoms. The zero-order chi connectivity index (χ0) is 12.3. The first kappa shape index (κ1) is 12.8. The van der Waals surface area contributed by atoms with Crippen molar-refractivity contribution in [3.8, 4) is 0 Å². The minimum Gasteiger partial charge on any atom is -0.367 e. The molecule has 0 aromatic carbocycles. The predicted molar refractivity (Wildman–Crippen MR) is 70.6 cm³/mol. The number of rotatable bonds is 4. The van der Waals surface area contributed by atoms with Crippen molar-refractivity contribution in [1.29, 1.82) is 0 Å². The standard InChI is InChI=1S/C12H17BrFN3/c1-2-17-4-3-9(8-17)6-15-12-11(14)5-10(13)7-16-12/h5,7,9H,2-4,6,8H2,1H3,(H,15,16). The minimum atomic E-state index is -0.301. The molecule has 1 aromatic heterocycles. The predicted octanol–water partition coefficient (Wildman–Crippen LogP) is 2.74.